The lowest BCUT2D eigenvalue weighted by Crippen LogP contribution is -2.31. The van der Waals surface area contributed by atoms with Gasteiger partial charge in [0.2, 0.25) is 0 Å². The lowest BCUT2D eigenvalue weighted by molar-refractivity contribution is -0.0840. The monoisotopic (exact) mass is 312 g/mol. The van der Waals surface area contributed by atoms with E-state index in [0.29, 0.717) is 17.9 Å². The minimum Gasteiger partial charge on any atom is -0.206 e. The van der Waals surface area contributed by atoms with Crippen LogP contribution in [0.25, 0.3) is 0 Å². The second-order valence-corrected chi connectivity index (χ2v) is 7.13. The van der Waals surface area contributed by atoms with Gasteiger partial charge in [-0.3, -0.25) is 0 Å². The van der Waals surface area contributed by atoms with Crippen molar-refractivity contribution in [1.29, 1.82) is 0 Å². The molecular formula is C19H27F3. The molecule has 3 rings (SSSR count). The first-order valence-electron chi connectivity index (χ1n) is 8.69. The van der Waals surface area contributed by atoms with E-state index in [1.807, 2.05) is 0 Å². The Balaban J connectivity index is 0.00000192. The van der Waals surface area contributed by atoms with Crippen LogP contribution < -0.4 is 0 Å². The summed E-state index contributed by atoms with van der Waals surface area (Å²) in [5.74, 6) is -3.68. The first kappa shape index (κ1) is 15.9. The van der Waals surface area contributed by atoms with Crippen molar-refractivity contribution in [3.63, 3.8) is 0 Å². The van der Waals surface area contributed by atoms with Crippen LogP contribution >= 0.6 is 0 Å². The minimum atomic E-state index is -3.00. The van der Waals surface area contributed by atoms with Crippen LogP contribution in [0.4, 0.5) is 13.2 Å². The normalized spacial score (nSPS) is 30.3. The molecule has 1 saturated carbocycles. The maximum atomic E-state index is 14.7. The van der Waals surface area contributed by atoms with Gasteiger partial charge in [-0.1, -0.05) is 51.2 Å². The predicted molar refractivity (Wildman–Crippen MR) is 84.6 cm³/mol. The van der Waals surface area contributed by atoms with E-state index < -0.39 is 17.7 Å². The molecule has 1 atom stereocenters. The van der Waals surface area contributed by atoms with Crippen molar-refractivity contribution >= 4 is 0 Å². The molecule has 0 aromatic heterocycles. The molecule has 2 aliphatic rings. The predicted octanol–water partition coefficient (Wildman–Crippen LogP) is 6.33. The van der Waals surface area contributed by atoms with Crippen molar-refractivity contribution in [3.05, 3.63) is 35.1 Å². The van der Waals surface area contributed by atoms with Crippen LogP contribution in [0.15, 0.2) is 18.2 Å². The second-order valence-electron chi connectivity index (χ2n) is 7.13. The van der Waals surface area contributed by atoms with Crippen molar-refractivity contribution in [3.8, 4) is 0 Å². The first-order chi connectivity index (χ1) is 10.5. The van der Waals surface area contributed by atoms with Crippen LogP contribution in [0.3, 0.4) is 0 Å². The highest BCUT2D eigenvalue weighted by Gasteiger charge is 2.53. The molecular weight excluding hydrogens is 285 g/mol. The summed E-state index contributed by atoms with van der Waals surface area (Å²) in [6, 6.07) is 4.38. The molecule has 0 amide bonds. The Bertz CT molecular complexity index is 521. The topological polar surface area (TPSA) is 0 Å². The number of hydrogen-bond acceptors (Lipinski definition) is 0. The Labute approximate surface area is 132 Å². The van der Waals surface area contributed by atoms with Gasteiger partial charge in [-0.05, 0) is 42.7 Å². The van der Waals surface area contributed by atoms with Gasteiger partial charge in [-0.15, -0.1) is 0 Å². The molecule has 1 fully saturated rings. The molecule has 22 heavy (non-hydrogen) atoms. The summed E-state index contributed by atoms with van der Waals surface area (Å²) in [4.78, 5) is 0. The maximum absolute atomic E-state index is 14.7. The van der Waals surface area contributed by atoms with Crippen LogP contribution in [-0.2, 0) is 12.3 Å². The van der Waals surface area contributed by atoms with Crippen molar-refractivity contribution in [1.82, 2.24) is 0 Å². The number of rotatable bonds is 4. The highest BCUT2D eigenvalue weighted by Crippen LogP contribution is 2.53. The number of hydrogen-bond donors (Lipinski definition) is 0. The van der Waals surface area contributed by atoms with Crippen molar-refractivity contribution in [2.45, 2.75) is 64.2 Å². The van der Waals surface area contributed by atoms with E-state index in [2.05, 4.69) is 6.92 Å². The van der Waals surface area contributed by atoms with E-state index in [9.17, 15) is 13.2 Å². The van der Waals surface area contributed by atoms with Gasteiger partial charge >= 0.3 is 0 Å². The minimum absolute atomic E-state index is 0. The van der Waals surface area contributed by atoms with Crippen molar-refractivity contribution in [2.24, 2.45) is 17.8 Å². The molecule has 0 bridgehead atoms. The molecule has 0 aliphatic heterocycles. The molecule has 0 N–H and O–H groups in total. The van der Waals surface area contributed by atoms with Gasteiger partial charge in [-0.25, -0.2) is 13.2 Å². The van der Waals surface area contributed by atoms with Crippen LogP contribution in [0, 0.1) is 23.6 Å². The largest absolute Gasteiger partial charge is 0.279 e. The van der Waals surface area contributed by atoms with E-state index in [1.165, 1.54) is 19.3 Å². The molecule has 1 aromatic carbocycles. The van der Waals surface area contributed by atoms with Gasteiger partial charge in [-0.2, -0.15) is 0 Å². The number of fused-ring (bicyclic) bond motifs is 1. The average Bonchev–Trinajstić information content (AvgIpc) is 2.78. The molecule has 0 nitrogen and oxygen atoms in total. The Hall–Kier alpha value is -0.990. The maximum Gasteiger partial charge on any atom is 0.279 e. The number of halogens is 3. The van der Waals surface area contributed by atoms with E-state index in [0.717, 1.165) is 31.7 Å². The number of unbranched alkanes of at least 4 members (excludes halogenated alkanes) is 1. The molecule has 1 aromatic rings. The molecule has 0 spiro atoms. The number of alkyl halides is 2. The highest BCUT2D eigenvalue weighted by molar-refractivity contribution is 5.38. The quantitative estimate of drug-likeness (QED) is 0.609. The van der Waals surface area contributed by atoms with Gasteiger partial charge in [0.05, 0.1) is 5.56 Å². The fourth-order valence-corrected chi connectivity index (χ4v) is 4.50. The van der Waals surface area contributed by atoms with E-state index >= 15 is 0 Å². The SMILES string of the molecule is CCCCC1CCC(C2Cc3cccc(F)c3C2(F)F)CC1.[HH]. The highest BCUT2D eigenvalue weighted by atomic mass is 19.3. The van der Waals surface area contributed by atoms with Gasteiger partial charge in [0.15, 0.2) is 0 Å². The lowest BCUT2D eigenvalue weighted by Gasteiger charge is -2.34. The third-order valence-corrected chi connectivity index (χ3v) is 5.77. The zero-order chi connectivity index (χ0) is 15.7. The molecule has 1 unspecified atom stereocenters. The lowest BCUT2D eigenvalue weighted by atomic mass is 9.73. The van der Waals surface area contributed by atoms with Crippen LogP contribution in [0.1, 0.15) is 64.4 Å². The Morgan fingerprint density at radius 3 is 2.55 bits per heavy atom. The first-order valence-corrected chi connectivity index (χ1v) is 8.69. The summed E-state index contributed by atoms with van der Waals surface area (Å²) in [5, 5.41) is 0. The summed E-state index contributed by atoms with van der Waals surface area (Å²) in [6.07, 6.45) is 7.91. The van der Waals surface area contributed by atoms with E-state index in [4.69, 9.17) is 0 Å². The van der Waals surface area contributed by atoms with E-state index in [1.54, 1.807) is 12.1 Å². The molecule has 2 aliphatic carbocycles. The summed E-state index contributed by atoms with van der Waals surface area (Å²) in [7, 11) is 0. The Kier molecular flexibility index (Phi) is 4.52. The number of benzene rings is 1. The van der Waals surface area contributed by atoms with Crippen molar-refractivity contribution < 1.29 is 14.6 Å². The Morgan fingerprint density at radius 2 is 1.91 bits per heavy atom. The Morgan fingerprint density at radius 1 is 1.18 bits per heavy atom. The average molecular weight is 312 g/mol. The molecule has 3 heteroatoms. The fourth-order valence-electron chi connectivity index (χ4n) is 4.50. The summed E-state index contributed by atoms with van der Waals surface area (Å²) >= 11 is 0. The van der Waals surface area contributed by atoms with Crippen molar-refractivity contribution in [2.75, 3.05) is 0 Å². The molecule has 124 valence electrons. The third kappa shape index (κ3) is 2.79. The zero-order valence-electron chi connectivity index (χ0n) is 13.3. The van der Waals surface area contributed by atoms with Crippen LogP contribution in [0.5, 0.6) is 0 Å². The summed E-state index contributed by atoms with van der Waals surface area (Å²) in [6.45, 7) is 2.19. The van der Waals surface area contributed by atoms with Gasteiger partial charge in [0.1, 0.15) is 5.82 Å². The smallest absolute Gasteiger partial charge is 0.206 e. The summed E-state index contributed by atoms with van der Waals surface area (Å²) < 4.78 is 43.3. The van der Waals surface area contributed by atoms with E-state index in [-0.39, 0.29) is 12.9 Å². The molecule has 0 saturated heterocycles. The summed E-state index contributed by atoms with van der Waals surface area (Å²) in [5.41, 5.74) is 0.191. The van der Waals surface area contributed by atoms with Crippen LogP contribution in [-0.4, -0.2) is 0 Å². The fraction of sp³-hybridized carbons (Fsp3) is 0.684. The van der Waals surface area contributed by atoms with Gasteiger partial charge in [0, 0.05) is 7.34 Å². The molecule has 0 heterocycles. The molecule has 0 radical (unpaired) electrons. The zero-order valence-corrected chi connectivity index (χ0v) is 13.3. The van der Waals surface area contributed by atoms with Gasteiger partial charge < -0.3 is 0 Å². The second kappa shape index (κ2) is 6.25. The standard InChI is InChI=1S/C19H25F3.H2/c1-2-3-5-13-8-10-14(11-9-13)16-12-15-6-4-7-17(20)18(15)19(16,21)22;/h4,6-7,13-14,16H,2-3,5,8-12H2,1H3;1H. The van der Waals surface area contributed by atoms with Crippen LogP contribution in [0.2, 0.25) is 0 Å². The third-order valence-electron chi connectivity index (χ3n) is 5.77. The van der Waals surface area contributed by atoms with Gasteiger partial charge in [0.25, 0.3) is 5.92 Å².